The zero-order valence-corrected chi connectivity index (χ0v) is 22.3. The quantitative estimate of drug-likeness (QED) is 0.409. The molecule has 0 unspecified atom stereocenters. The molecule has 0 radical (unpaired) electrons. The van der Waals surface area contributed by atoms with Crippen LogP contribution in [0.1, 0.15) is 76.0 Å². The lowest BCUT2D eigenvalue weighted by molar-refractivity contribution is -0.135. The van der Waals surface area contributed by atoms with Crippen LogP contribution in [0, 0.1) is 11.3 Å². The summed E-state index contributed by atoms with van der Waals surface area (Å²) in [6.07, 6.45) is 6.35. The SMILES string of the molecule is CC(C)c1ccc2c(c1)CC[C@H]1[C@](C)(C(=O)N(c3ccc(Cl)cc3)c3cc(N)ncn3)CCC[C@]21C. The average Bonchev–Trinajstić information content (AvgIpc) is 2.85. The lowest BCUT2D eigenvalue weighted by atomic mass is 9.49. The Hall–Kier alpha value is -2.92. The predicted molar refractivity (Wildman–Crippen MR) is 147 cm³/mol. The molecule has 1 amide bonds. The third-order valence-corrected chi connectivity index (χ3v) is 8.98. The van der Waals surface area contributed by atoms with Gasteiger partial charge in [-0.25, -0.2) is 9.97 Å². The van der Waals surface area contributed by atoms with E-state index in [-0.39, 0.29) is 17.2 Å². The summed E-state index contributed by atoms with van der Waals surface area (Å²) >= 11 is 6.18. The van der Waals surface area contributed by atoms with Crippen molar-refractivity contribution in [1.82, 2.24) is 9.97 Å². The van der Waals surface area contributed by atoms with E-state index in [1.54, 1.807) is 23.1 Å². The van der Waals surface area contributed by atoms with E-state index >= 15 is 0 Å². The van der Waals surface area contributed by atoms with Crippen molar-refractivity contribution in [2.45, 2.75) is 71.1 Å². The first-order chi connectivity index (χ1) is 17.1. The fourth-order valence-electron chi connectivity index (χ4n) is 6.81. The topological polar surface area (TPSA) is 72.1 Å². The molecule has 188 valence electrons. The smallest absolute Gasteiger partial charge is 0.238 e. The first-order valence-electron chi connectivity index (χ1n) is 12.9. The van der Waals surface area contributed by atoms with Crippen molar-refractivity contribution >= 4 is 34.8 Å². The number of anilines is 3. The van der Waals surface area contributed by atoms with E-state index < -0.39 is 5.41 Å². The normalized spacial score (nSPS) is 25.2. The predicted octanol–water partition coefficient (Wildman–Crippen LogP) is 7.21. The number of carbonyl (C=O) groups excluding carboxylic acids is 1. The molecule has 2 aromatic carbocycles. The molecule has 1 aromatic heterocycles. The van der Waals surface area contributed by atoms with Crippen molar-refractivity contribution in [3.05, 3.63) is 76.6 Å². The molecule has 0 spiro atoms. The van der Waals surface area contributed by atoms with Crippen molar-refractivity contribution in [3.63, 3.8) is 0 Å². The van der Waals surface area contributed by atoms with E-state index in [0.29, 0.717) is 22.6 Å². The lowest BCUT2D eigenvalue weighted by Gasteiger charge is -2.55. The number of halogens is 1. The number of aromatic nitrogens is 2. The minimum atomic E-state index is -0.555. The second-order valence-electron chi connectivity index (χ2n) is 11.3. The van der Waals surface area contributed by atoms with Crippen LogP contribution in [0.4, 0.5) is 17.3 Å². The maximum atomic E-state index is 14.7. The Labute approximate surface area is 219 Å². The maximum Gasteiger partial charge on any atom is 0.238 e. The van der Waals surface area contributed by atoms with Gasteiger partial charge in [-0.3, -0.25) is 9.69 Å². The molecule has 36 heavy (non-hydrogen) atoms. The van der Waals surface area contributed by atoms with Crippen LogP contribution in [-0.2, 0) is 16.6 Å². The summed E-state index contributed by atoms with van der Waals surface area (Å²) in [5.74, 6) is 1.60. The number of hydrogen-bond donors (Lipinski definition) is 1. The summed E-state index contributed by atoms with van der Waals surface area (Å²) < 4.78 is 0. The minimum absolute atomic E-state index is 0.0535. The Morgan fingerprint density at radius 3 is 2.53 bits per heavy atom. The van der Waals surface area contributed by atoms with Crippen LogP contribution < -0.4 is 10.6 Å². The monoisotopic (exact) mass is 502 g/mol. The Morgan fingerprint density at radius 2 is 1.83 bits per heavy atom. The maximum absolute atomic E-state index is 14.7. The Balaban J connectivity index is 1.59. The van der Waals surface area contributed by atoms with Crippen LogP contribution in [0.3, 0.4) is 0 Å². The van der Waals surface area contributed by atoms with Gasteiger partial charge in [-0.05, 0) is 83.9 Å². The molecule has 5 nitrogen and oxygen atoms in total. The summed E-state index contributed by atoms with van der Waals surface area (Å²) in [6.45, 7) is 9.04. The van der Waals surface area contributed by atoms with E-state index in [1.807, 2.05) is 12.1 Å². The van der Waals surface area contributed by atoms with Crippen LogP contribution in [0.15, 0.2) is 54.9 Å². The van der Waals surface area contributed by atoms with Gasteiger partial charge in [0.15, 0.2) is 0 Å². The van der Waals surface area contributed by atoms with Gasteiger partial charge in [-0.2, -0.15) is 0 Å². The molecule has 2 N–H and O–H groups in total. The van der Waals surface area contributed by atoms with Gasteiger partial charge in [-0.1, -0.05) is 63.9 Å². The molecule has 3 atom stereocenters. The molecular weight excluding hydrogens is 468 g/mol. The first kappa shape index (κ1) is 24.8. The average molecular weight is 503 g/mol. The number of aryl methyl sites for hydroxylation is 1. The molecule has 0 saturated heterocycles. The molecule has 2 aliphatic carbocycles. The van der Waals surface area contributed by atoms with E-state index in [2.05, 4.69) is 55.9 Å². The highest BCUT2D eigenvalue weighted by Crippen LogP contribution is 2.58. The van der Waals surface area contributed by atoms with Gasteiger partial charge in [0.2, 0.25) is 5.91 Å². The molecule has 3 aromatic rings. The lowest BCUT2D eigenvalue weighted by Crippen LogP contribution is -2.55. The molecule has 1 fully saturated rings. The number of nitrogen functional groups attached to an aromatic ring is 1. The summed E-state index contributed by atoms with van der Waals surface area (Å²) in [7, 11) is 0. The molecule has 1 saturated carbocycles. The minimum Gasteiger partial charge on any atom is -0.384 e. The molecule has 0 aliphatic heterocycles. The molecule has 5 rings (SSSR count). The number of nitrogens with zero attached hydrogens (tertiary/aromatic N) is 3. The zero-order valence-electron chi connectivity index (χ0n) is 21.6. The van der Waals surface area contributed by atoms with Crippen LogP contribution in [0.5, 0.6) is 0 Å². The van der Waals surface area contributed by atoms with Crippen LogP contribution in [0.25, 0.3) is 0 Å². The highest BCUT2D eigenvalue weighted by molar-refractivity contribution is 6.30. The fraction of sp³-hybridized carbons (Fsp3) is 0.433. The Morgan fingerprint density at radius 1 is 1.08 bits per heavy atom. The van der Waals surface area contributed by atoms with Gasteiger partial charge in [0.05, 0.1) is 11.1 Å². The van der Waals surface area contributed by atoms with Crippen molar-refractivity contribution in [1.29, 1.82) is 0 Å². The van der Waals surface area contributed by atoms with Crippen molar-refractivity contribution in [3.8, 4) is 0 Å². The van der Waals surface area contributed by atoms with Gasteiger partial charge in [0, 0.05) is 11.1 Å². The zero-order chi connectivity index (χ0) is 25.7. The number of amides is 1. The number of carbonyl (C=O) groups is 1. The number of fused-ring (bicyclic) bond motifs is 3. The molecule has 6 heteroatoms. The second kappa shape index (κ2) is 9.19. The molecular formula is C30H35ClN4O. The number of nitrogens with two attached hydrogens (primary N) is 1. The van der Waals surface area contributed by atoms with E-state index in [4.69, 9.17) is 17.3 Å². The van der Waals surface area contributed by atoms with E-state index in [1.165, 1.54) is 23.0 Å². The fourth-order valence-corrected chi connectivity index (χ4v) is 6.94. The van der Waals surface area contributed by atoms with Crippen LogP contribution in [0.2, 0.25) is 5.02 Å². The van der Waals surface area contributed by atoms with Crippen molar-refractivity contribution in [2.75, 3.05) is 10.6 Å². The summed E-state index contributed by atoms with van der Waals surface area (Å²) in [6, 6.07) is 16.0. The van der Waals surface area contributed by atoms with Gasteiger partial charge in [0.1, 0.15) is 18.0 Å². The highest BCUT2D eigenvalue weighted by Gasteiger charge is 2.56. The third kappa shape index (κ3) is 4.07. The van der Waals surface area contributed by atoms with Gasteiger partial charge in [0.25, 0.3) is 0 Å². The Kier molecular flexibility index (Phi) is 6.32. The number of benzene rings is 2. The highest BCUT2D eigenvalue weighted by atomic mass is 35.5. The van der Waals surface area contributed by atoms with Crippen LogP contribution in [-0.4, -0.2) is 15.9 Å². The standard InChI is InChI=1S/C30H35ClN4O/c1-19(2)20-6-12-24-21(16-20)7-13-25-29(24,3)14-5-15-30(25,4)28(36)35(23-10-8-22(31)9-11-23)27-17-26(32)33-18-34-27/h6,8-12,16-19,25H,5,7,13-15H2,1-4H3,(H2,32,33,34)/t25-,29-,30-/m1/s1. The number of hydrogen-bond acceptors (Lipinski definition) is 4. The molecule has 1 heterocycles. The van der Waals surface area contributed by atoms with Crippen LogP contribution >= 0.6 is 11.6 Å². The first-order valence-corrected chi connectivity index (χ1v) is 13.3. The van der Waals surface area contributed by atoms with E-state index in [0.717, 1.165) is 37.8 Å². The largest absolute Gasteiger partial charge is 0.384 e. The van der Waals surface area contributed by atoms with Gasteiger partial charge >= 0.3 is 0 Å². The van der Waals surface area contributed by atoms with Crippen molar-refractivity contribution in [2.24, 2.45) is 11.3 Å². The molecule has 0 bridgehead atoms. The Bertz CT molecular complexity index is 1290. The summed E-state index contributed by atoms with van der Waals surface area (Å²) in [4.78, 5) is 24.9. The summed E-state index contributed by atoms with van der Waals surface area (Å²) in [5.41, 5.74) is 10.4. The molecule has 2 aliphatic rings. The third-order valence-electron chi connectivity index (χ3n) is 8.72. The second-order valence-corrected chi connectivity index (χ2v) is 11.7. The van der Waals surface area contributed by atoms with Crippen molar-refractivity contribution < 1.29 is 4.79 Å². The van der Waals surface area contributed by atoms with E-state index in [9.17, 15) is 4.79 Å². The number of rotatable bonds is 4. The van der Waals surface area contributed by atoms with Gasteiger partial charge < -0.3 is 5.73 Å². The summed E-state index contributed by atoms with van der Waals surface area (Å²) in [5, 5.41) is 0.620. The van der Waals surface area contributed by atoms with Gasteiger partial charge in [-0.15, -0.1) is 0 Å².